The molecule has 0 saturated heterocycles. The number of amides is 3. The zero-order valence-corrected chi connectivity index (χ0v) is 23.8. The summed E-state index contributed by atoms with van der Waals surface area (Å²) in [5.74, 6) is -5.26. The van der Waals surface area contributed by atoms with Gasteiger partial charge in [-0.1, -0.05) is 41.9 Å². The molecular formula is C29H24ClF3N4O7. The summed E-state index contributed by atoms with van der Waals surface area (Å²) in [4.78, 5) is 53.7. The number of aromatic nitrogens is 1. The number of urea groups is 1. The number of ether oxygens (including phenoxy) is 3. The van der Waals surface area contributed by atoms with Crippen LogP contribution in [0.15, 0.2) is 66.9 Å². The van der Waals surface area contributed by atoms with Gasteiger partial charge in [0.1, 0.15) is 6.04 Å². The molecule has 0 aliphatic carbocycles. The number of esters is 2. The largest absolute Gasteiger partial charge is 0.493 e. The minimum absolute atomic E-state index is 0.0534. The maximum atomic E-state index is 13.6. The first-order valence-electron chi connectivity index (χ1n) is 12.7. The molecule has 0 radical (unpaired) electrons. The topological polar surface area (TPSA) is 148 Å². The number of carbonyl (C=O) groups excluding carboxylic acids is 4. The number of nitrogens with one attached hydrogen (secondary N) is 4. The number of alkyl halides is 3. The predicted octanol–water partition coefficient (Wildman–Crippen LogP) is 5.46. The van der Waals surface area contributed by atoms with E-state index in [-0.39, 0.29) is 39.9 Å². The van der Waals surface area contributed by atoms with Crippen LogP contribution in [0.2, 0.25) is 5.02 Å². The predicted molar refractivity (Wildman–Crippen MR) is 154 cm³/mol. The quantitative estimate of drug-likeness (QED) is 0.142. The third kappa shape index (κ3) is 7.39. The molecule has 230 valence electrons. The Morgan fingerprint density at radius 1 is 0.909 bits per heavy atom. The fourth-order valence-electron chi connectivity index (χ4n) is 4.18. The molecule has 0 aliphatic heterocycles. The van der Waals surface area contributed by atoms with Crippen molar-refractivity contribution in [2.45, 2.75) is 18.6 Å². The number of anilines is 2. The zero-order chi connectivity index (χ0) is 32.0. The van der Waals surface area contributed by atoms with Crippen LogP contribution in [-0.4, -0.2) is 55.3 Å². The van der Waals surface area contributed by atoms with Gasteiger partial charge in [-0.15, -0.1) is 0 Å². The van der Waals surface area contributed by atoms with E-state index in [1.807, 2.05) is 0 Å². The fraction of sp³-hybridized carbons (Fsp3) is 0.172. The van der Waals surface area contributed by atoms with Crippen molar-refractivity contribution in [3.8, 4) is 11.5 Å². The average Bonchev–Trinajstić information content (AvgIpc) is 3.39. The lowest BCUT2D eigenvalue weighted by molar-refractivity contribution is -0.202. The third-order valence-corrected chi connectivity index (χ3v) is 6.58. The van der Waals surface area contributed by atoms with E-state index >= 15 is 0 Å². The second-order valence-corrected chi connectivity index (χ2v) is 9.51. The minimum atomic E-state index is -5.46. The molecule has 44 heavy (non-hydrogen) atoms. The summed E-state index contributed by atoms with van der Waals surface area (Å²) < 4.78 is 53.3. The Hall–Kier alpha value is -5.24. The SMILES string of the molecule is COc1cc(NC(=O)Nc2ccccc2Cl)c(C(=O)N[C@@H](Cc2c[nH]c3ccccc23)C(=O)OC(=O)C(F)(F)F)cc1OC. The summed E-state index contributed by atoms with van der Waals surface area (Å²) in [6.45, 7) is 0. The molecule has 11 nitrogen and oxygen atoms in total. The number of H-pyrrole nitrogens is 1. The molecule has 0 bridgehead atoms. The molecule has 1 heterocycles. The first kappa shape index (κ1) is 31.7. The highest BCUT2D eigenvalue weighted by Gasteiger charge is 2.43. The van der Waals surface area contributed by atoms with Crippen LogP contribution in [0, 0.1) is 0 Å². The van der Waals surface area contributed by atoms with Crippen LogP contribution in [0.3, 0.4) is 0 Å². The lowest BCUT2D eigenvalue weighted by atomic mass is 10.0. The van der Waals surface area contributed by atoms with Gasteiger partial charge in [0.25, 0.3) is 5.91 Å². The molecule has 1 atom stereocenters. The Balaban J connectivity index is 1.67. The molecule has 4 rings (SSSR count). The van der Waals surface area contributed by atoms with E-state index in [1.54, 1.807) is 42.5 Å². The molecule has 0 aliphatic rings. The second-order valence-electron chi connectivity index (χ2n) is 9.11. The van der Waals surface area contributed by atoms with Gasteiger partial charge in [0, 0.05) is 29.6 Å². The Kier molecular flexibility index (Phi) is 9.63. The molecular weight excluding hydrogens is 609 g/mol. The number of fused-ring (bicyclic) bond motifs is 1. The number of hydrogen-bond acceptors (Lipinski definition) is 7. The lowest BCUT2D eigenvalue weighted by Gasteiger charge is -2.20. The first-order chi connectivity index (χ1) is 20.9. The van der Waals surface area contributed by atoms with Crippen LogP contribution in [0.1, 0.15) is 15.9 Å². The molecule has 3 aromatic carbocycles. The van der Waals surface area contributed by atoms with E-state index in [0.29, 0.717) is 16.5 Å². The first-order valence-corrected chi connectivity index (χ1v) is 13.1. The van der Waals surface area contributed by atoms with Gasteiger partial charge < -0.3 is 35.1 Å². The monoisotopic (exact) mass is 632 g/mol. The van der Waals surface area contributed by atoms with Gasteiger partial charge in [0.15, 0.2) is 11.5 Å². The molecule has 4 aromatic rings. The van der Waals surface area contributed by atoms with Crippen LogP contribution < -0.4 is 25.4 Å². The van der Waals surface area contributed by atoms with Crippen molar-refractivity contribution >= 4 is 57.8 Å². The van der Waals surface area contributed by atoms with Gasteiger partial charge in [-0.05, 0) is 29.8 Å². The third-order valence-electron chi connectivity index (χ3n) is 6.25. The molecule has 0 saturated carbocycles. The summed E-state index contributed by atoms with van der Waals surface area (Å²) in [5.41, 5.74) is 0.954. The standard InChI is InChI=1S/C29H24ClF3N4O7/c1-42-23-12-17(21(13-24(23)43-2)37-28(41)36-20-10-6-4-8-18(20)30)25(38)35-22(26(39)44-27(40)29(31,32)33)11-15-14-34-19-9-5-3-7-16(15)19/h3-10,12-14,22,34H,11H2,1-2H3,(H,35,38)(H2,36,37,41)/t22-/m0/s1. The highest BCUT2D eigenvalue weighted by atomic mass is 35.5. The molecule has 3 amide bonds. The van der Waals surface area contributed by atoms with Crippen LogP contribution >= 0.6 is 11.6 Å². The van der Waals surface area contributed by atoms with Gasteiger partial charge >= 0.3 is 24.1 Å². The number of carbonyl (C=O) groups is 4. The van der Waals surface area contributed by atoms with Crippen LogP contribution in [0.4, 0.5) is 29.3 Å². The maximum Gasteiger partial charge on any atom is 0.491 e. The average molecular weight is 633 g/mol. The Labute approximate surface area is 252 Å². The van der Waals surface area contributed by atoms with E-state index in [4.69, 9.17) is 21.1 Å². The molecule has 0 unspecified atom stereocenters. The Morgan fingerprint density at radius 2 is 1.55 bits per heavy atom. The Morgan fingerprint density at radius 3 is 2.23 bits per heavy atom. The summed E-state index contributed by atoms with van der Waals surface area (Å²) in [5, 5.41) is 8.18. The van der Waals surface area contributed by atoms with Crippen molar-refractivity contribution in [1.82, 2.24) is 10.3 Å². The lowest BCUT2D eigenvalue weighted by Crippen LogP contribution is -2.45. The van der Waals surface area contributed by atoms with E-state index in [2.05, 4.69) is 25.7 Å². The van der Waals surface area contributed by atoms with Gasteiger partial charge in [-0.3, -0.25) is 4.79 Å². The summed E-state index contributed by atoms with van der Waals surface area (Å²) >= 11 is 6.10. The van der Waals surface area contributed by atoms with Crippen LogP contribution in [0.5, 0.6) is 11.5 Å². The summed E-state index contributed by atoms with van der Waals surface area (Å²) in [7, 11) is 2.60. The van der Waals surface area contributed by atoms with Crippen LogP contribution in [-0.2, 0) is 20.7 Å². The number of hydrogen-bond donors (Lipinski definition) is 4. The number of benzene rings is 3. The van der Waals surface area contributed by atoms with Crippen LogP contribution in [0.25, 0.3) is 10.9 Å². The summed E-state index contributed by atoms with van der Waals surface area (Å²) in [6.07, 6.45) is -4.31. The number of aromatic amines is 1. The van der Waals surface area contributed by atoms with Crippen molar-refractivity contribution in [3.63, 3.8) is 0 Å². The van der Waals surface area contributed by atoms with E-state index < -0.39 is 36.1 Å². The number of rotatable bonds is 9. The molecule has 0 fully saturated rings. The molecule has 4 N–H and O–H groups in total. The van der Waals surface area contributed by atoms with E-state index in [9.17, 15) is 32.3 Å². The van der Waals surface area contributed by atoms with E-state index in [1.165, 1.54) is 38.6 Å². The highest BCUT2D eigenvalue weighted by Crippen LogP contribution is 2.34. The zero-order valence-electron chi connectivity index (χ0n) is 23.0. The minimum Gasteiger partial charge on any atom is -0.493 e. The van der Waals surface area contributed by atoms with Gasteiger partial charge in [0.05, 0.1) is 36.2 Å². The smallest absolute Gasteiger partial charge is 0.491 e. The summed E-state index contributed by atoms with van der Waals surface area (Å²) in [6, 6.07) is 13.1. The fourth-order valence-corrected chi connectivity index (χ4v) is 4.36. The molecule has 1 aromatic heterocycles. The van der Waals surface area contributed by atoms with Crippen molar-refractivity contribution in [1.29, 1.82) is 0 Å². The van der Waals surface area contributed by atoms with Gasteiger partial charge in [-0.2, -0.15) is 13.2 Å². The highest BCUT2D eigenvalue weighted by molar-refractivity contribution is 6.33. The van der Waals surface area contributed by atoms with Crippen molar-refractivity contribution in [2.75, 3.05) is 24.9 Å². The Bertz CT molecular complexity index is 1720. The van der Waals surface area contributed by atoms with Gasteiger partial charge in [0.2, 0.25) is 0 Å². The molecule has 15 heteroatoms. The van der Waals surface area contributed by atoms with E-state index in [0.717, 1.165) is 0 Å². The van der Waals surface area contributed by atoms with Crippen molar-refractivity contribution in [2.24, 2.45) is 0 Å². The molecule has 0 spiro atoms. The van der Waals surface area contributed by atoms with Gasteiger partial charge in [-0.25, -0.2) is 14.4 Å². The second kappa shape index (κ2) is 13.4. The number of halogens is 4. The number of para-hydroxylation sites is 2. The van der Waals surface area contributed by atoms with Crippen molar-refractivity contribution in [3.05, 3.63) is 83.0 Å². The maximum absolute atomic E-state index is 13.6. The normalized spacial score (nSPS) is 11.8. The number of methoxy groups -OCH3 is 2. The van der Waals surface area contributed by atoms with Crippen molar-refractivity contribution < 1.29 is 46.6 Å².